The summed E-state index contributed by atoms with van der Waals surface area (Å²) in [4.78, 5) is 2.11. The summed E-state index contributed by atoms with van der Waals surface area (Å²) < 4.78 is 27.4. The number of piperazine rings is 1. The molecule has 1 saturated heterocycles. The van der Waals surface area contributed by atoms with Crippen molar-refractivity contribution in [1.82, 2.24) is 4.31 Å². The van der Waals surface area contributed by atoms with Crippen molar-refractivity contribution in [2.45, 2.75) is 43.1 Å². The van der Waals surface area contributed by atoms with Gasteiger partial charge in [0, 0.05) is 31.7 Å². The molecule has 30 heavy (non-hydrogen) atoms. The Morgan fingerprint density at radius 1 is 1.20 bits per heavy atom. The fourth-order valence-corrected chi connectivity index (χ4v) is 5.83. The maximum absolute atomic E-state index is 12.8. The van der Waals surface area contributed by atoms with Gasteiger partial charge in [-0.25, -0.2) is 8.42 Å². The lowest BCUT2D eigenvalue weighted by atomic mass is 9.95. The van der Waals surface area contributed by atoms with E-state index in [1.54, 1.807) is 31.4 Å². The summed E-state index contributed by atoms with van der Waals surface area (Å²) in [6.45, 7) is 7.15. The molecule has 0 aliphatic carbocycles. The van der Waals surface area contributed by atoms with Crippen molar-refractivity contribution in [3.63, 3.8) is 0 Å². The molecule has 8 heteroatoms. The molecule has 0 radical (unpaired) electrons. The van der Waals surface area contributed by atoms with Crippen LogP contribution in [-0.2, 0) is 15.6 Å². The van der Waals surface area contributed by atoms with Crippen LogP contribution in [0.4, 0.5) is 5.69 Å². The summed E-state index contributed by atoms with van der Waals surface area (Å²) in [5, 5.41) is 22.0. The van der Waals surface area contributed by atoms with Crippen LogP contribution in [0, 0.1) is 11.8 Å². The highest BCUT2D eigenvalue weighted by Gasteiger charge is 2.30. The van der Waals surface area contributed by atoms with Gasteiger partial charge in [0.2, 0.25) is 0 Å². The van der Waals surface area contributed by atoms with Gasteiger partial charge in [-0.3, -0.25) is 0 Å². The van der Waals surface area contributed by atoms with Crippen molar-refractivity contribution >= 4 is 27.0 Å². The lowest BCUT2D eigenvalue weighted by molar-refractivity contribution is 0.0786. The van der Waals surface area contributed by atoms with E-state index in [9.17, 15) is 18.6 Å². The molecule has 0 saturated carbocycles. The summed E-state index contributed by atoms with van der Waals surface area (Å²) in [7, 11) is -3.45. The number of hydrogen-bond acceptors (Lipinski definition) is 6. The van der Waals surface area contributed by atoms with Crippen molar-refractivity contribution in [3.05, 3.63) is 46.8 Å². The molecular weight excluding hydrogens is 420 g/mol. The summed E-state index contributed by atoms with van der Waals surface area (Å²) >= 11 is 1.23. The van der Waals surface area contributed by atoms with E-state index in [2.05, 4.69) is 16.7 Å². The molecule has 3 rings (SSSR count). The van der Waals surface area contributed by atoms with Gasteiger partial charge in [-0.05, 0) is 49.4 Å². The molecule has 6 nitrogen and oxygen atoms in total. The minimum atomic E-state index is -3.45. The molecule has 0 spiro atoms. The van der Waals surface area contributed by atoms with Crippen LogP contribution in [0.15, 0.2) is 39.9 Å². The van der Waals surface area contributed by atoms with Crippen LogP contribution in [0.5, 0.6) is 0 Å². The number of sulfonamides is 1. The van der Waals surface area contributed by atoms with E-state index in [-0.39, 0.29) is 0 Å². The van der Waals surface area contributed by atoms with E-state index < -0.39 is 21.7 Å². The third-order valence-electron chi connectivity index (χ3n) is 5.13. The van der Waals surface area contributed by atoms with Crippen LogP contribution in [0.1, 0.15) is 38.3 Å². The van der Waals surface area contributed by atoms with Crippen molar-refractivity contribution in [2.75, 3.05) is 31.1 Å². The number of rotatable bonds is 5. The van der Waals surface area contributed by atoms with E-state index in [4.69, 9.17) is 0 Å². The van der Waals surface area contributed by atoms with Crippen LogP contribution >= 0.6 is 11.3 Å². The van der Waals surface area contributed by atoms with Gasteiger partial charge in [0.1, 0.15) is 10.3 Å². The maximum atomic E-state index is 12.8. The first-order chi connectivity index (χ1) is 14.1. The average molecular weight is 449 g/mol. The molecule has 0 bridgehead atoms. The number of aliphatic hydroxyl groups is 2. The second kappa shape index (κ2) is 9.08. The molecule has 2 aromatic rings. The van der Waals surface area contributed by atoms with Crippen molar-refractivity contribution in [3.8, 4) is 11.8 Å². The Morgan fingerprint density at radius 2 is 1.90 bits per heavy atom. The van der Waals surface area contributed by atoms with Gasteiger partial charge in [0.05, 0.1) is 11.3 Å². The van der Waals surface area contributed by atoms with Gasteiger partial charge < -0.3 is 15.1 Å². The molecule has 1 fully saturated rings. The number of anilines is 1. The second-order valence-corrected chi connectivity index (χ2v) is 10.9. The van der Waals surface area contributed by atoms with E-state index in [0.29, 0.717) is 36.8 Å². The van der Waals surface area contributed by atoms with E-state index in [0.717, 1.165) is 16.8 Å². The highest BCUT2D eigenvalue weighted by Crippen LogP contribution is 2.29. The third kappa shape index (κ3) is 5.05. The molecule has 2 heterocycles. The summed E-state index contributed by atoms with van der Waals surface area (Å²) in [5.41, 5.74) is 1.33. The monoisotopic (exact) mass is 448 g/mol. The predicted molar refractivity (Wildman–Crippen MR) is 120 cm³/mol. The Hall–Kier alpha value is -1.89. The summed E-state index contributed by atoms with van der Waals surface area (Å²) in [6.07, 6.45) is -0.177. The van der Waals surface area contributed by atoms with Crippen LogP contribution < -0.4 is 4.90 Å². The smallest absolute Gasteiger partial charge is 0.252 e. The van der Waals surface area contributed by atoms with Gasteiger partial charge in [-0.15, -0.1) is 11.3 Å². The molecule has 1 aliphatic heterocycles. The number of aliphatic hydroxyl groups excluding tert-OH is 1. The summed E-state index contributed by atoms with van der Waals surface area (Å²) in [5.74, 6) is 5.91. The lowest BCUT2D eigenvalue weighted by Gasteiger charge is -2.36. The van der Waals surface area contributed by atoms with Gasteiger partial charge in [-0.2, -0.15) is 4.31 Å². The zero-order chi connectivity index (χ0) is 21.9. The van der Waals surface area contributed by atoms with Gasteiger partial charge in [-0.1, -0.05) is 30.9 Å². The first kappa shape index (κ1) is 22.8. The normalized spacial score (nSPS) is 16.8. The summed E-state index contributed by atoms with van der Waals surface area (Å²) in [6, 6.07) is 9.01. The molecule has 1 atom stereocenters. The van der Waals surface area contributed by atoms with Crippen LogP contribution in [0.25, 0.3) is 0 Å². The average Bonchev–Trinajstić information content (AvgIpc) is 3.27. The maximum Gasteiger partial charge on any atom is 0.252 e. The molecular formula is C22H28N2O4S2. The number of benzene rings is 1. The molecule has 2 N–H and O–H groups in total. The minimum absolute atomic E-state index is 0.366. The third-order valence-corrected chi connectivity index (χ3v) is 8.40. The Morgan fingerprint density at radius 3 is 2.47 bits per heavy atom. The number of nitrogens with zero attached hydrogens (tertiary/aromatic N) is 2. The fraction of sp³-hybridized carbons (Fsp3) is 0.455. The lowest BCUT2D eigenvalue weighted by Crippen LogP contribution is -2.48. The Balaban J connectivity index is 1.84. The fourth-order valence-electron chi connectivity index (χ4n) is 3.26. The van der Waals surface area contributed by atoms with Crippen molar-refractivity contribution in [1.29, 1.82) is 0 Å². The molecule has 0 amide bonds. The van der Waals surface area contributed by atoms with Gasteiger partial charge >= 0.3 is 0 Å². The van der Waals surface area contributed by atoms with Crippen LogP contribution in [-0.4, -0.2) is 55.2 Å². The van der Waals surface area contributed by atoms with E-state index in [1.807, 2.05) is 25.1 Å². The Labute approximate surface area is 182 Å². The number of thiophene rings is 1. The second-order valence-electron chi connectivity index (χ2n) is 7.81. The van der Waals surface area contributed by atoms with E-state index >= 15 is 0 Å². The first-order valence-corrected chi connectivity index (χ1v) is 12.3. The highest BCUT2D eigenvalue weighted by molar-refractivity contribution is 7.91. The van der Waals surface area contributed by atoms with E-state index in [1.165, 1.54) is 15.6 Å². The van der Waals surface area contributed by atoms with Crippen LogP contribution in [0.2, 0.25) is 0 Å². The van der Waals surface area contributed by atoms with Gasteiger partial charge in [0.25, 0.3) is 10.0 Å². The predicted octanol–water partition coefficient (Wildman–Crippen LogP) is 2.61. The Bertz CT molecular complexity index is 1020. The minimum Gasteiger partial charge on any atom is -0.386 e. The van der Waals surface area contributed by atoms with Crippen molar-refractivity contribution in [2.24, 2.45) is 0 Å². The molecule has 0 unspecified atom stereocenters. The molecule has 1 aromatic carbocycles. The first-order valence-electron chi connectivity index (χ1n) is 9.98. The topological polar surface area (TPSA) is 81.1 Å². The Kier molecular flexibility index (Phi) is 6.90. The molecule has 162 valence electrons. The molecule has 1 aromatic heterocycles. The van der Waals surface area contributed by atoms with Gasteiger partial charge in [0.15, 0.2) is 0 Å². The van der Waals surface area contributed by atoms with Crippen LogP contribution in [0.3, 0.4) is 0 Å². The SMILES string of the molecule is CC[C@@H](O)C#Cc1cc(C(C)(C)O)ccc1N1CCN(S(=O)(=O)c2cccs2)CC1. The quantitative estimate of drug-likeness (QED) is 0.688. The molecule has 1 aliphatic rings. The van der Waals surface area contributed by atoms with Crippen molar-refractivity contribution < 1.29 is 18.6 Å². The number of hydrogen-bond donors (Lipinski definition) is 2. The highest BCUT2D eigenvalue weighted by atomic mass is 32.2. The largest absolute Gasteiger partial charge is 0.386 e. The standard InChI is InChI=1S/C22H28N2O4S2/c1-4-19(25)9-7-17-16-18(22(2,3)26)8-10-20(17)23-11-13-24(14-12-23)30(27,28)21-6-5-15-29-21/h5-6,8,10,15-16,19,25-26H,4,11-14H2,1-3H3/t19-/m1/s1. The zero-order valence-corrected chi connectivity index (χ0v) is 19.1. The zero-order valence-electron chi connectivity index (χ0n) is 17.5.